The van der Waals surface area contributed by atoms with Gasteiger partial charge in [-0.3, -0.25) is 0 Å². The molecule has 0 amide bonds. The first-order valence-electron chi connectivity index (χ1n) is 5.81. The van der Waals surface area contributed by atoms with Crippen molar-refractivity contribution in [1.29, 1.82) is 0 Å². The molecule has 0 radical (unpaired) electrons. The molecule has 0 bridgehead atoms. The van der Waals surface area contributed by atoms with E-state index in [0.29, 0.717) is 0 Å². The van der Waals surface area contributed by atoms with E-state index in [-0.39, 0.29) is 0 Å². The number of fused-ring (bicyclic) bond motifs is 1. The molecule has 2 heteroatoms. The maximum atomic E-state index is 4.55. The summed E-state index contributed by atoms with van der Waals surface area (Å²) < 4.78 is 0. The summed E-state index contributed by atoms with van der Waals surface area (Å²) in [6.07, 6.45) is 0.933. The van der Waals surface area contributed by atoms with Crippen molar-refractivity contribution in [3.8, 4) is 0 Å². The molecule has 2 nitrogen and oxygen atoms in total. The van der Waals surface area contributed by atoms with E-state index in [2.05, 4.69) is 52.4 Å². The number of aromatic nitrogens is 2. The molecule has 0 unspecified atom stereocenters. The van der Waals surface area contributed by atoms with Crippen LogP contribution in [0.2, 0.25) is 0 Å². The first kappa shape index (κ1) is 10.1. The molecule has 2 aromatic carbocycles. The van der Waals surface area contributed by atoms with Crippen molar-refractivity contribution in [1.82, 2.24) is 9.97 Å². The van der Waals surface area contributed by atoms with E-state index in [0.717, 1.165) is 23.3 Å². The van der Waals surface area contributed by atoms with Gasteiger partial charge in [-0.25, -0.2) is 4.98 Å². The van der Waals surface area contributed by atoms with Crippen LogP contribution in [0.1, 0.15) is 17.0 Å². The molecule has 0 saturated heterocycles. The third-order valence-electron chi connectivity index (χ3n) is 2.95. The second-order valence-corrected chi connectivity index (χ2v) is 4.30. The normalized spacial score (nSPS) is 10.9. The van der Waals surface area contributed by atoms with Gasteiger partial charge in [-0.15, -0.1) is 0 Å². The molecule has 0 atom stereocenters. The summed E-state index contributed by atoms with van der Waals surface area (Å²) in [7, 11) is 0. The monoisotopic (exact) mass is 222 g/mol. The third kappa shape index (κ3) is 1.94. The summed E-state index contributed by atoms with van der Waals surface area (Å²) in [5.41, 5.74) is 4.81. The third-order valence-corrected chi connectivity index (χ3v) is 2.95. The van der Waals surface area contributed by atoms with Crippen LogP contribution in [0.15, 0.2) is 48.5 Å². The molecule has 17 heavy (non-hydrogen) atoms. The molecule has 3 aromatic rings. The number of imidazole rings is 1. The summed E-state index contributed by atoms with van der Waals surface area (Å²) in [6, 6.07) is 16.8. The van der Waals surface area contributed by atoms with Crippen molar-refractivity contribution in [2.75, 3.05) is 0 Å². The van der Waals surface area contributed by atoms with Crippen LogP contribution < -0.4 is 0 Å². The largest absolute Gasteiger partial charge is 0.342 e. The zero-order valence-electron chi connectivity index (χ0n) is 9.77. The Bertz CT molecular complexity index is 638. The molecular formula is C15H14N2. The lowest BCUT2D eigenvalue weighted by Gasteiger charge is -2.02. The quantitative estimate of drug-likeness (QED) is 0.706. The van der Waals surface area contributed by atoms with Crippen molar-refractivity contribution in [3.05, 3.63) is 65.5 Å². The topological polar surface area (TPSA) is 28.7 Å². The lowest BCUT2D eigenvalue weighted by atomic mass is 10.0. The maximum absolute atomic E-state index is 4.55. The molecule has 84 valence electrons. The molecule has 0 spiro atoms. The number of hydrogen-bond donors (Lipinski definition) is 1. The van der Waals surface area contributed by atoms with Crippen molar-refractivity contribution in [2.45, 2.75) is 13.3 Å². The van der Waals surface area contributed by atoms with Crippen LogP contribution in [0.5, 0.6) is 0 Å². The number of nitrogens with one attached hydrogen (secondary N) is 1. The highest BCUT2D eigenvalue weighted by Crippen LogP contribution is 2.19. The fraction of sp³-hybridized carbons (Fsp3) is 0.133. The molecule has 0 saturated carbocycles. The van der Waals surface area contributed by atoms with Gasteiger partial charge < -0.3 is 4.98 Å². The van der Waals surface area contributed by atoms with Gasteiger partial charge in [0.15, 0.2) is 0 Å². The molecule has 1 N–H and O–H groups in total. The smallest absolute Gasteiger partial charge is 0.104 e. The van der Waals surface area contributed by atoms with E-state index in [1.807, 2.05) is 13.0 Å². The Morgan fingerprint density at radius 1 is 1.00 bits per heavy atom. The summed E-state index contributed by atoms with van der Waals surface area (Å²) >= 11 is 0. The Labute approximate surface area is 100 Å². The van der Waals surface area contributed by atoms with Crippen molar-refractivity contribution in [2.24, 2.45) is 0 Å². The Hall–Kier alpha value is -2.09. The van der Waals surface area contributed by atoms with E-state index in [4.69, 9.17) is 0 Å². The Morgan fingerprint density at radius 2 is 1.82 bits per heavy atom. The van der Waals surface area contributed by atoms with E-state index in [1.165, 1.54) is 11.1 Å². The van der Waals surface area contributed by atoms with Gasteiger partial charge in [-0.2, -0.15) is 0 Å². The fourth-order valence-electron chi connectivity index (χ4n) is 2.17. The Balaban J connectivity index is 2.06. The summed E-state index contributed by atoms with van der Waals surface area (Å²) in [5.74, 6) is 0.973. The van der Waals surface area contributed by atoms with Crippen LogP contribution in [0.3, 0.4) is 0 Å². The van der Waals surface area contributed by atoms with E-state index in [9.17, 15) is 0 Å². The van der Waals surface area contributed by atoms with Gasteiger partial charge in [-0.1, -0.05) is 42.5 Å². The maximum Gasteiger partial charge on any atom is 0.104 e. The predicted molar refractivity (Wildman–Crippen MR) is 70.1 cm³/mol. The van der Waals surface area contributed by atoms with Gasteiger partial charge in [0.25, 0.3) is 0 Å². The van der Waals surface area contributed by atoms with Crippen molar-refractivity contribution < 1.29 is 0 Å². The SMILES string of the molecule is Cc1nc2c(Cc3ccccc3)cccc2[nH]1. The first-order chi connectivity index (χ1) is 8.33. The van der Waals surface area contributed by atoms with Crippen LogP contribution in [-0.2, 0) is 6.42 Å². The minimum absolute atomic E-state index is 0.933. The van der Waals surface area contributed by atoms with Crippen LogP contribution >= 0.6 is 0 Å². The molecule has 0 aliphatic heterocycles. The molecule has 1 heterocycles. The molecule has 0 fully saturated rings. The first-order valence-corrected chi connectivity index (χ1v) is 5.81. The zero-order chi connectivity index (χ0) is 11.7. The number of benzene rings is 2. The number of aryl methyl sites for hydroxylation is 1. The summed E-state index contributed by atoms with van der Waals surface area (Å²) in [4.78, 5) is 7.83. The fourth-order valence-corrected chi connectivity index (χ4v) is 2.17. The minimum atomic E-state index is 0.933. The Morgan fingerprint density at radius 3 is 2.65 bits per heavy atom. The number of nitrogens with zero attached hydrogens (tertiary/aromatic N) is 1. The lowest BCUT2D eigenvalue weighted by Crippen LogP contribution is -1.89. The van der Waals surface area contributed by atoms with Gasteiger partial charge >= 0.3 is 0 Å². The van der Waals surface area contributed by atoms with Crippen molar-refractivity contribution in [3.63, 3.8) is 0 Å². The van der Waals surface area contributed by atoms with Gasteiger partial charge in [0.1, 0.15) is 5.82 Å². The van der Waals surface area contributed by atoms with Crippen molar-refractivity contribution >= 4 is 11.0 Å². The zero-order valence-corrected chi connectivity index (χ0v) is 9.77. The highest BCUT2D eigenvalue weighted by atomic mass is 14.9. The highest BCUT2D eigenvalue weighted by Gasteiger charge is 2.05. The minimum Gasteiger partial charge on any atom is -0.342 e. The lowest BCUT2D eigenvalue weighted by molar-refractivity contribution is 1.16. The average molecular weight is 222 g/mol. The standard InChI is InChI=1S/C15H14N2/c1-11-16-14-9-5-8-13(15(14)17-11)10-12-6-3-2-4-7-12/h2-9H,10H2,1H3,(H,16,17). The van der Waals surface area contributed by atoms with E-state index >= 15 is 0 Å². The van der Waals surface area contributed by atoms with Gasteiger partial charge in [-0.05, 0) is 30.5 Å². The van der Waals surface area contributed by atoms with Crippen LogP contribution in [0.4, 0.5) is 0 Å². The number of hydrogen-bond acceptors (Lipinski definition) is 1. The van der Waals surface area contributed by atoms with Crippen LogP contribution in [0.25, 0.3) is 11.0 Å². The number of H-pyrrole nitrogens is 1. The second kappa shape index (κ2) is 4.06. The van der Waals surface area contributed by atoms with Crippen LogP contribution in [-0.4, -0.2) is 9.97 Å². The predicted octanol–water partition coefficient (Wildman–Crippen LogP) is 3.46. The molecular weight excluding hydrogens is 208 g/mol. The average Bonchev–Trinajstić information content (AvgIpc) is 2.72. The highest BCUT2D eigenvalue weighted by molar-refractivity contribution is 5.79. The summed E-state index contributed by atoms with van der Waals surface area (Å²) in [6.45, 7) is 1.99. The van der Waals surface area contributed by atoms with Gasteiger partial charge in [0, 0.05) is 0 Å². The number of para-hydroxylation sites is 1. The molecule has 0 aliphatic carbocycles. The Kier molecular flexibility index (Phi) is 2.41. The number of aromatic amines is 1. The van der Waals surface area contributed by atoms with Crippen LogP contribution in [0, 0.1) is 6.92 Å². The van der Waals surface area contributed by atoms with Gasteiger partial charge in [0.2, 0.25) is 0 Å². The molecule has 1 aromatic heterocycles. The summed E-state index contributed by atoms with van der Waals surface area (Å²) in [5, 5.41) is 0. The molecule has 3 rings (SSSR count). The van der Waals surface area contributed by atoms with E-state index in [1.54, 1.807) is 0 Å². The number of rotatable bonds is 2. The second-order valence-electron chi connectivity index (χ2n) is 4.30. The van der Waals surface area contributed by atoms with Gasteiger partial charge in [0.05, 0.1) is 11.0 Å². The molecule has 0 aliphatic rings. The van der Waals surface area contributed by atoms with E-state index < -0.39 is 0 Å².